The average Bonchev–Trinajstić information content (AvgIpc) is 3.15. The molecule has 0 bridgehead atoms. The first kappa shape index (κ1) is 18.5. The van der Waals surface area contributed by atoms with E-state index in [9.17, 15) is 4.79 Å². The van der Waals surface area contributed by atoms with Crippen molar-refractivity contribution in [3.8, 4) is 11.5 Å². The molecule has 4 rings (SSSR count). The highest BCUT2D eigenvalue weighted by molar-refractivity contribution is 7.22. The maximum Gasteiger partial charge on any atom is 0.257 e. The highest BCUT2D eigenvalue weighted by atomic mass is 32.1. The van der Waals surface area contributed by atoms with Crippen LogP contribution in [0.3, 0.4) is 0 Å². The van der Waals surface area contributed by atoms with Gasteiger partial charge in [-0.2, -0.15) is 0 Å². The zero-order valence-electron chi connectivity index (χ0n) is 15.7. The summed E-state index contributed by atoms with van der Waals surface area (Å²) in [4.78, 5) is 19.4. The van der Waals surface area contributed by atoms with Crippen LogP contribution in [0.25, 0.3) is 10.2 Å². The van der Waals surface area contributed by atoms with Crippen LogP contribution in [0.2, 0.25) is 0 Å². The van der Waals surface area contributed by atoms with Crippen LogP contribution in [0.5, 0.6) is 11.5 Å². The minimum absolute atomic E-state index is 0.242. The third-order valence-corrected chi connectivity index (χ3v) is 5.55. The van der Waals surface area contributed by atoms with Crippen LogP contribution in [0, 0.1) is 0 Å². The number of methoxy groups -OCH3 is 2. The molecule has 0 atom stereocenters. The van der Waals surface area contributed by atoms with Crippen molar-refractivity contribution < 1.29 is 19.0 Å². The molecular weight excluding hydrogens is 378 g/mol. The maximum atomic E-state index is 12.6. The molecule has 0 aliphatic carbocycles. The number of morpholine rings is 1. The minimum atomic E-state index is -0.242. The monoisotopic (exact) mass is 399 g/mol. The van der Waals surface area contributed by atoms with Crippen molar-refractivity contribution in [1.82, 2.24) is 4.98 Å². The number of ether oxygens (including phenoxy) is 3. The SMILES string of the molecule is COc1ccc(C(=O)Nc2nc3ccc(N4CCOCC4)cc3s2)cc1OC. The van der Waals surface area contributed by atoms with Gasteiger partial charge < -0.3 is 19.1 Å². The van der Waals surface area contributed by atoms with E-state index in [-0.39, 0.29) is 5.91 Å². The molecule has 0 spiro atoms. The van der Waals surface area contributed by atoms with Crippen molar-refractivity contribution in [2.45, 2.75) is 0 Å². The average molecular weight is 399 g/mol. The van der Waals surface area contributed by atoms with E-state index < -0.39 is 0 Å². The number of benzene rings is 2. The molecule has 0 unspecified atom stereocenters. The van der Waals surface area contributed by atoms with Gasteiger partial charge in [0.1, 0.15) is 0 Å². The molecule has 7 nitrogen and oxygen atoms in total. The number of nitrogens with one attached hydrogen (secondary N) is 1. The van der Waals surface area contributed by atoms with Gasteiger partial charge in [0.25, 0.3) is 5.91 Å². The largest absolute Gasteiger partial charge is 0.493 e. The summed E-state index contributed by atoms with van der Waals surface area (Å²) in [5.41, 5.74) is 2.49. The Morgan fingerprint density at radius 1 is 1.11 bits per heavy atom. The zero-order chi connectivity index (χ0) is 19.5. The molecule has 1 saturated heterocycles. The highest BCUT2D eigenvalue weighted by Crippen LogP contribution is 2.31. The Hall–Kier alpha value is -2.84. The third kappa shape index (κ3) is 3.74. The number of hydrogen-bond donors (Lipinski definition) is 1. The number of carbonyl (C=O) groups excluding carboxylic acids is 1. The molecule has 0 radical (unpaired) electrons. The number of carbonyl (C=O) groups is 1. The van der Waals surface area contributed by atoms with Gasteiger partial charge >= 0.3 is 0 Å². The van der Waals surface area contributed by atoms with E-state index in [0.717, 1.165) is 42.2 Å². The van der Waals surface area contributed by atoms with Crippen molar-refractivity contribution in [1.29, 1.82) is 0 Å². The van der Waals surface area contributed by atoms with Crippen LogP contribution in [-0.4, -0.2) is 51.4 Å². The van der Waals surface area contributed by atoms with E-state index in [1.165, 1.54) is 11.3 Å². The molecule has 1 aliphatic heterocycles. The van der Waals surface area contributed by atoms with Crippen molar-refractivity contribution in [3.63, 3.8) is 0 Å². The van der Waals surface area contributed by atoms with Gasteiger partial charge in [-0.25, -0.2) is 4.98 Å². The van der Waals surface area contributed by atoms with Crippen LogP contribution >= 0.6 is 11.3 Å². The zero-order valence-corrected chi connectivity index (χ0v) is 16.5. The molecule has 1 aromatic heterocycles. The van der Waals surface area contributed by atoms with Gasteiger partial charge in [-0.05, 0) is 36.4 Å². The van der Waals surface area contributed by atoms with Crippen LogP contribution in [-0.2, 0) is 4.74 Å². The topological polar surface area (TPSA) is 72.9 Å². The predicted molar refractivity (Wildman–Crippen MR) is 110 cm³/mol. The lowest BCUT2D eigenvalue weighted by atomic mass is 10.2. The summed E-state index contributed by atoms with van der Waals surface area (Å²) in [6.07, 6.45) is 0. The van der Waals surface area contributed by atoms with Crippen molar-refractivity contribution in [3.05, 3.63) is 42.0 Å². The van der Waals surface area contributed by atoms with E-state index in [4.69, 9.17) is 14.2 Å². The highest BCUT2D eigenvalue weighted by Gasteiger charge is 2.15. The lowest BCUT2D eigenvalue weighted by Gasteiger charge is -2.28. The summed E-state index contributed by atoms with van der Waals surface area (Å²) in [7, 11) is 3.10. The molecule has 1 N–H and O–H groups in total. The van der Waals surface area contributed by atoms with E-state index in [1.54, 1.807) is 32.4 Å². The Balaban J connectivity index is 1.53. The van der Waals surface area contributed by atoms with Gasteiger partial charge in [0.05, 0.1) is 37.6 Å². The molecule has 1 fully saturated rings. The summed E-state index contributed by atoms with van der Waals surface area (Å²) in [6, 6.07) is 11.2. The summed E-state index contributed by atoms with van der Waals surface area (Å²) in [6.45, 7) is 3.25. The number of aromatic nitrogens is 1. The molecular formula is C20H21N3O4S. The number of hydrogen-bond acceptors (Lipinski definition) is 7. The first-order chi connectivity index (χ1) is 13.7. The molecule has 1 amide bonds. The fourth-order valence-electron chi connectivity index (χ4n) is 3.13. The van der Waals surface area contributed by atoms with Gasteiger partial charge in [-0.3, -0.25) is 10.1 Å². The van der Waals surface area contributed by atoms with E-state index in [0.29, 0.717) is 22.2 Å². The van der Waals surface area contributed by atoms with Crippen molar-refractivity contribution >= 4 is 38.3 Å². The number of thiazole rings is 1. The molecule has 2 aromatic carbocycles. The summed E-state index contributed by atoms with van der Waals surface area (Å²) in [5.74, 6) is 0.845. The van der Waals surface area contributed by atoms with Gasteiger partial charge in [-0.15, -0.1) is 0 Å². The lowest BCUT2D eigenvalue weighted by Crippen LogP contribution is -2.36. The van der Waals surface area contributed by atoms with Crippen LogP contribution in [0.1, 0.15) is 10.4 Å². The van der Waals surface area contributed by atoms with Crippen molar-refractivity contribution in [2.24, 2.45) is 0 Å². The normalized spacial score (nSPS) is 14.1. The van der Waals surface area contributed by atoms with Crippen LogP contribution in [0.4, 0.5) is 10.8 Å². The summed E-state index contributed by atoms with van der Waals surface area (Å²) >= 11 is 1.46. The standard InChI is InChI=1S/C20H21N3O4S/c1-25-16-6-3-13(11-17(16)26-2)19(24)22-20-21-15-5-4-14(12-18(15)28-20)23-7-9-27-10-8-23/h3-6,11-12H,7-10H2,1-2H3,(H,21,22,24). The number of nitrogens with zero attached hydrogens (tertiary/aromatic N) is 2. The van der Waals surface area contributed by atoms with Gasteiger partial charge in [0.2, 0.25) is 0 Å². The Kier molecular flexibility index (Phi) is 5.31. The number of rotatable bonds is 5. The molecule has 0 saturated carbocycles. The Bertz CT molecular complexity index is 998. The maximum absolute atomic E-state index is 12.6. The summed E-state index contributed by atoms with van der Waals surface area (Å²) in [5, 5.41) is 3.44. The molecule has 28 heavy (non-hydrogen) atoms. The van der Waals surface area contributed by atoms with E-state index in [1.807, 2.05) is 6.07 Å². The number of anilines is 2. The van der Waals surface area contributed by atoms with Crippen LogP contribution in [0.15, 0.2) is 36.4 Å². The first-order valence-corrected chi connectivity index (χ1v) is 9.76. The molecule has 3 aromatic rings. The van der Waals surface area contributed by atoms with E-state index >= 15 is 0 Å². The quantitative estimate of drug-likeness (QED) is 0.709. The third-order valence-electron chi connectivity index (χ3n) is 4.61. The van der Waals surface area contributed by atoms with Gasteiger partial charge in [-0.1, -0.05) is 11.3 Å². The second-order valence-electron chi connectivity index (χ2n) is 6.29. The van der Waals surface area contributed by atoms with Crippen molar-refractivity contribution in [2.75, 3.05) is 50.7 Å². The smallest absolute Gasteiger partial charge is 0.257 e. The van der Waals surface area contributed by atoms with Gasteiger partial charge in [0, 0.05) is 24.3 Å². The fraction of sp³-hybridized carbons (Fsp3) is 0.300. The Morgan fingerprint density at radius 2 is 1.89 bits per heavy atom. The first-order valence-electron chi connectivity index (χ1n) is 8.94. The predicted octanol–water partition coefficient (Wildman–Crippen LogP) is 3.40. The Labute approximate surface area is 166 Å². The summed E-state index contributed by atoms with van der Waals surface area (Å²) < 4.78 is 16.9. The van der Waals surface area contributed by atoms with Gasteiger partial charge in [0.15, 0.2) is 16.6 Å². The molecule has 2 heterocycles. The fourth-order valence-corrected chi connectivity index (χ4v) is 4.03. The van der Waals surface area contributed by atoms with E-state index in [2.05, 4.69) is 27.3 Å². The number of amides is 1. The molecule has 146 valence electrons. The molecule has 8 heteroatoms. The lowest BCUT2D eigenvalue weighted by molar-refractivity contribution is 0.102. The number of fused-ring (bicyclic) bond motifs is 1. The second kappa shape index (κ2) is 8.04. The minimum Gasteiger partial charge on any atom is -0.493 e. The Morgan fingerprint density at radius 3 is 2.64 bits per heavy atom. The molecule has 1 aliphatic rings. The van der Waals surface area contributed by atoms with Crippen LogP contribution < -0.4 is 19.7 Å². The second-order valence-corrected chi connectivity index (χ2v) is 7.33.